The maximum Gasteiger partial charge on any atom is 0.311 e. The number of nitrogens with two attached hydrogens (primary N) is 1. The van der Waals surface area contributed by atoms with Gasteiger partial charge in [0.1, 0.15) is 17.5 Å². The Hall–Kier alpha value is -4.00. The van der Waals surface area contributed by atoms with E-state index in [-0.39, 0.29) is 11.4 Å². The highest BCUT2D eigenvalue weighted by Gasteiger charge is 2.20. The van der Waals surface area contributed by atoms with Crippen LogP contribution in [0.2, 0.25) is 0 Å². The predicted octanol–water partition coefficient (Wildman–Crippen LogP) is 4.47. The van der Waals surface area contributed by atoms with Crippen molar-refractivity contribution in [2.45, 2.75) is 12.3 Å². The molecule has 0 aromatic heterocycles. The van der Waals surface area contributed by atoms with Crippen molar-refractivity contribution in [1.82, 2.24) is 0 Å². The van der Waals surface area contributed by atoms with E-state index in [1.54, 1.807) is 24.3 Å². The molecule has 0 saturated carbocycles. The molecule has 5 nitrogen and oxygen atoms in total. The van der Waals surface area contributed by atoms with Gasteiger partial charge in [-0.15, -0.1) is 0 Å². The number of anilines is 1. The molecule has 3 rings (SSSR count). The number of aliphatic carboxylic acids is 1. The molecule has 3 aromatic carbocycles. The predicted molar refractivity (Wildman–Crippen MR) is 114 cm³/mol. The van der Waals surface area contributed by atoms with Crippen LogP contribution in [0.3, 0.4) is 0 Å². The number of carbonyl (C=O) groups excluding carboxylic acids is 1. The number of halogens is 2. The minimum absolute atomic E-state index is 0.0412. The number of ketones is 1. The van der Waals surface area contributed by atoms with Crippen LogP contribution >= 0.6 is 0 Å². The lowest BCUT2D eigenvalue weighted by Crippen LogP contribution is -2.15. The van der Waals surface area contributed by atoms with Gasteiger partial charge in [0.05, 0.1) is 11.5 Å². The third-order valence-corrected chi connectivity index (χ3v) is 4.67. The molecule has 158 valence electrons. The number of nitrogens with one attached hydrogen (secondary N) is 1. The Morgan fingerprint density at radius 3 is 2.29 bits per heavy atom. The molecule has 0 heterocycles. The van der Waals surface area contributed by atoms with Crippen molar-refractivity contribution in [2.24, 2.45) is 5.73 Å². The Labute approximate surface area is 177 Å². The highest BCUT2D eigenvalue weighted by molar-refractivity contribution is 6.05. The van der Waals surface area contributed by atoms with Crippen LogP contribution in [0.15, 0.2) is 84.7 Å². The monoisotopic (exact) mass is 422 g/mol. The van der Waals surface area contributed by atoms with Crippen molar-refractivity contribution in [3.63, 3.8) is 0 Å². The Kier molecular flexibility index (Phi) is 6.77. The fraction of sp³-hybridized carbons (Fsp3) is 0.0833. The number of allylic oxidation sites excluding steroid dienone is 1. The van der Waals surface area contributed by atoms with Gasteiger partial charge in [-0.05, 0) is 41.8 Å². The summed E-state index contributed by atoms with van der Waals surface area (Å²) in [5, 5.41) is 12.4. The zero-order valence-electron chi connectivity index (χ0n) is 16.4. The third kappa shape index (κ3) is 5.76. The van der Waals surface area contributed by atoms with Gasteiger partial charge in [0.25, 0.3) is 0 Å². The number of carboxylic acids is 1. The van der Waals surface area contributed by atoms with Crippen LogP contribution in [0.4, 0.5) is 14.5 Å². The SMILES string of the molecule is N/C(=C\C(=O)c1ccc(F)cc1F)Nc1ccc(C(Cc2ccccc2)C(=O)O)cc1. The van der Waals surface area contributed by atoms with Crippen LogP contribution in [0.25, 0.3) is 0 Å². The Balaban J connectivity index is 1.70. The lowest BCUT2D eigenvalue weighted by atomic mass is 9.92. The first-order valence-corrected chi connectivity index (χ1v) is 9.44. The molecule has 0 radical (unpaired) electrons. The molecule has 31 heavy (non-hydrogen) atoms. The molecule has 0 aliphatic carbocycles. The van der Waals surface area contributed by atoms with Gasteiger partial charge in [0, 0.05) is 17.8 Å². The second-order valence-electron chi connectivity index (χ2n) is 6.92. The summed E-state index contributed by atoms with van der Waals surface area (Å²) in [5.74, 6) is -4.16. The molecule has 1 unspecified atom stereocenters. The van der Waals surface area contributed by atoms with E-state index >= 15 is 0 Å². The minimum atomic E-state index is -0.975. The Bertz CT molecular complexity index is 1110. The molecule has 0 saturated heterocycles. The summed E-state index contributed by atoms with van der Waals surface area (Å²) < 4.78 is 26.7. The average molecular weight is 422 g/mol. The minimum Gasteiger partial charge on any atom is -0.481 e. The Morgan fingerprint density at radius 1 is 1.00 bits per heavy atom. The van der Waals surface area contributed by atoms with Crippen molar-refractivity contribution >= 4 is 17.4 Å². The van der Waals surface area contributed by atoms with E-state index < -0.39 is 29.3 Å². The van der Waals surface area contributed by atoms with E-state index in [0.29, 0.717) is 23.7 Å². The van der Waals surface area contributed by atoms with E-state index in [1.165, 1.54) is 0 Å². The average Bonchev–Trinajstić information content (AvgIpc) is 2.73. The van der Waals surface area contributed by atoms with E-state index in [1.807, 2.05) is 30.3 Å². The molecule has 3 aromatic rings. The molecule has 7 heteroatoms. The van der Waals surface area contributed by atoms with Gasteiger partial charge in [-0.3, -0.25) is 9.59 Å². The van der Waals surface area contributed by atoms with Gasteiger partial charge in [-0.25, -0.2) is 8.78 Å². The molecular weight excluding hydrogens is 402 g/mol. The second-order valence-corrected chi connectivity index (χ2v) is 6.92. The molecule has 0 fully saturated rings. The van der Waals surface area contributed by atoms with Crippen LogP contribution in [-0.2, 0) is 11.2 Å². The number of hydrogen-bond donors (Lipinski definition) is 3. The van der Waals surface area contributed by atoms with Gasteiger partial charge < -0.3 is 16.2 Å². The smallest absolute Gasteiger partial charge is 0.311 e. The van der Waals surface area contributed by atoms with E-state index in [9.17, 15) is 23.5 Å². The van der Waals surface area contributed by atoms with Gasteiger partial charge in [0.2, 0.25) is 0 Å². The summed E-state index contributed by atoms with van der Waals surface area (Å²) in [7, 11) is 0. The van der Waals surface area contributed by atoms with E-state index in [0.717, 1.165) is 23.8 Å². The van der Waals surface area contributed by atoms with Crippen LogP contribution in [0.1, 0.15) is 27.4 Å². The maximum atomic E-state index is 13.7. The number of benzene rings is 3. The molecule has 0 spiro atoms. The number of carbonyl (C=O) groups is 2. The maximum absolute atomic E-state index is 13.7. The van der Waals surface area contributed by atoms with Crippen molar-refractivity contribution in [3.8, 4) is 0 Å². The van der Waals surface area contributed by atoms with Crippen LogP contribution in [-0.4, -0.2) is 16.9 Å². The zero-order chi connectivity index (χ0) is 22.4. The molecule has 0 amide bonds. The summed E-state index contributed by atoms with van der Waals surface area (Å²) in [6, 6.07) is 18.6. The first kappa shape index (κ1) is 21.7. The highest BCUT2D eigenvalue weighted by Crippen LogP contribution is 2.23. The van der Waals surface area contributed by atoms with Crippen LogP contribution in [0, 0.1) is 11.6 Å². The molecule has 0 aliphatic heterocycles. The first-order valence-electron chi connectivity index (χ1n) is 9.44. The third-order valence-electron chi connectivity index (χ3n) is 4.67. The largest absolute Gasteiger partial charge is 0.481 e. The molecule has 0 bridgehead atoms. The topological polar surface area (TPSA) is 92.4 Å². The first-order chi connectivity index (χ1) is 14.8. The Morgan fingerprint density at radius 2 is 1.68 bits per heavy atom. The summed E-state index contributed by atoms with van der Waals surface area (Å²) >= 11 is 0. The lowest BCUT2D eigenvalue weighted by Gasteiger charge is -2.14. The van der Waals surface area contributed by atoms with Gasteiger partial charge in [-0.2, -0.15) is 0 Å². The zero-order valence-corrected chi connectivity index (χ0v) is 16.4. The molecule has 1 atom stereocenters. The van der Waals surface area contributed by atoms with Gasteiger partial charge in [-0.1, -0.05) is 42.5 Å². The van der Waals surface area contributed by atoms with Crippen molar-refractivity contribution < 1.29 is 23.5 Å². The molecule has 4 N–H and O–H groups in total. The number of rotatable bonds is 8. The highest BCUT2D eigenvalue weighted by atomic mass is 19.1. The van der Waals surface area contributed by atoms with E-state index in [2.05, 4.69) is 5.32 Å². The lowest BCUT2D eigenvalue weighted by molar-refractivity contribution is -0.138. The summed E-state index contributed by atoms with van der Waals surface area (Å²) in [4.78, 5) is 23.9. The van der Waals surface area contributed by atoms with Gasteiger partial charge in [0.15, 0.2) is 5.78 Å². The standard InChI is InChI=1S/C24H20F2N2O3/c25-17-8-11-19(21(26)13-17)22(29)14-23(27)28-18-9-6-16(7-10-18)20(24(30)31)12-15-4-2-1-3-5-15/h1-11,13-14,20,28H,12,27H2,(H,30,31)/b23-14+. The summed E-state index contributed by atoms with van der Waals surface area (Å²) in [6.07, 6.45) is 1.35. The number of hydrogen-bond acceptors (Lipinski definition) is 4. The second kappa shape index (κ2) is 9.67. The van der Waals surface area contributed by atoms with Crippen molar-refractivity contribution in [3.05, 3.63) is 113 Å². The van der Waals surface area contributed by atoms with Crippen LogP contribution < -0.4 is 11.1 Å². The summed E-state index contributed by atoms with van der Waals surface area (Å²) in [6.45, 7) is 0. The summed E-state index contributed by atoms with van der Waals surface area (Å²) in [5.41, 5.74) is 7.57. The van der Waals surface area contributed by atoms with Gasteiger partial charge >= 0.3 is 5.97 Å². The number of carboxylic acid groups (broad SMARTS) is 1. The quantitative estimate of drug-likeness (QED) is 0.368. The fourth-order valence-corrected chi connectivity index (χ4v) is 3.11. The normalized spacial score (nSPS) is 12.3. The molecular formula is C24H20F2N2O3. The van der Waals surface area contributed by atoms with Crippen LogP contribution in [0.5, 0.6) is 0 Å². The fourth-order valence-electron chi connectivity index (χ4n) is 3.11. The van der Waals surface area contributed by atoms with E-state index in [4.69, 9.17) is 5.73 Å². The van der Waals surface area contributed by atoms with Crippen molar-refractivity contribution in [2.75, 3.05) is 5.32 Å². The van der Waals surface area contributed by atoms with Crippen molar-refractivity contribution in [1.29, 1.82) is 0 Å². The molecule has 0 aliphatic rings.